The molecule has 1 aromatic carbocycles. The van der Waals surface area contributed by atoms with E-state index in [9.17, 15) is 8.42 Å². The van der Waals surface area contributed by atoms with Gasteiger partial charge in [0.1, 0.15) is 20.0 Å². The third kappa shape index (κ3) is 4.64. The van der Waals surface area contributed by atoms with Gasteiger partial charge in [-0.15, -0.1) is 32.9 Å². The van der Waals surface area contributed by atoms with E-state index in [0.29, 0.717) is 21.6 Å². The van der Waals surface area contributed by atoms with Crippen molar-refractivity contribution in [2.24, 2.45) is 0 Å². The first-order chi connectivity index (χ1) is 14.0. The van der Waals surface area contributed by atoms with Crippen molar-refractivity contribution in [1.82, 2.24) is 14.5 Å². The summed E-state index contributed by atoms with van der Waals surface area (Å²) in [6.07, 6.45) is 2.22. The van der Waals surface area contributed by atoms with Crippen molar-refractivity contribution in [3.05, 3.63) is 56.3 Å². The molecule has 0 amide bonds. The zero-order valence-corrected chi connectivity index (χ0v) is 19.0. The van der Waals surface area contributed by atoms with Crippen LogP contribution in [0.1, 0.15) is 34.3 Å². The number of methoxy groups -OCH3 is 1. The van der Waals surface area contributed by atoms with Gasteiger partial charge >= 0.3 is 0 Å². The highest BCUT2D eigenvalue weighted by Crippen LogP contribution is 2.34. The Bertz CT molecular complexity index is 1070. The van der Waals surface area contributed by atoms with Gasteiger partial charge in [-0.2, -0.15) is 4.31 Å². The van der Waals surface area contributed by atoms with Crippen molar-refractivity contribution >= 4 is 44.3 Å². The molecular weight excluding hydrogens is 450 g/mol. The normalized spacial score (nSPS) is 16.2. The smallest absolute Gasteiger partial charge is 0.252 e. The number of benzene rings is 1. The molecule has 0 N–H and O–H groups in total. The van der Waals surface area contributed by atoms with Crippen molar-refractivity contribution in [3.8, 4) is 5.75 Å². The van der Waals surface area contributed by atoms with Crippen LogP contribution >= 0.6 is 34.3 Å². The van der Waals surface area contributed by atoms with E-state index in [0.717, 1.165) is 51.9 Å². The SMILES string of the molecule is COc1ccc(Cc2nnc(C3CCN(S(=O)(=O)c4ccc(Cl)s4)CC3)s2)cc1. The van der Waals surface area contributed by atoms with Gasteiger partial charge in [-0.25, -0.2) is 8.42 Å². The summed E-state index contributed by atoms with van der Waals surface area (Å²) < 4.78 is 33.0. The summed E-state index contributed by atoms with van der Waals surface area (Å²) in [4.78, 5) is 0. The van der Waals surface area contributed by atoms with Crippen molar-refractivity contribution < 1.29 is 13.2 Å². The van der Waals surface area contributed by atoms with E-state index in [2.05, 4.69) is 10.2 Å². The summed E-state index contributed by atoms with van der Waals surface area (Å²) in [7, 11) is -1.81. The Kier molecular flexibility index (Phi) is 6.21. The van der Waals surface area contributed by atoms with E-state index in [1.807, 2.05) is 24.3 Å². The average molecular weight is 470 g/mol. The minimum absolute atomic E-state index is 0.246. The Morgan fingerprint density at radius 2 is 1.83 bits per heavy atom. The monoisotopic (exact) mass is 469 g/mol. The van der Waals surface area contributed by atoms with E-state index in [4.69, 9.17) is 16.3 Å². The molecule has 1 aliphatic rings. The van der Waals surface area contributed by atoms with Crippen LogP contribution in [0.4, 0.5) is 0 Å². The summed E-state index contributed by atoms with van der Waals surface area (Å²) in [5.74, 6) is 1.08. The Labute approximate surface area is 183 Å². The Hall–Kier alpha value is -1.52. The third-order valence-corrected chi connectivity index (χ3v) is 9.63. The van der Waals surface area contributed by atoms with Crippen LogP contribution in [0.5, 0.6) is 5.75 Å². The van der Waals surface area contributed by atoms with E-state index in [1.165, 1.54) is 0 Å². The molecule has 29 heavy (non-hydrogen) atoms. The van der Waals surface area contributed by atoms with E-state index in [1.54, 1.807) is 34.9 Å². The topological polar surface area (TPSA) is 72.4 Å². The van der Waals surface area contributed by atoms with Crippen molar-refractivity contribution in [2.75, 3.05) is 20.2 Å². The summed E-state index contributed by atoms with van der Waals surface area (Å²) >= 11 is 8.61. The number of thiophene rings is 1. The predicted octanol–water partition coefficient (Wildman–Crippen LogP) is 4.42. The molecule has 1 saturated heterocycles. The number of aromatic nitrogens is 2. The maximum Gasteiger partial charge on any atom is 0.252 e. The Balaban J connectivity index is 1.37. The summed E-state index contributed by atoms with van der Waals surface area (Å²) in [5, 5.41) is 10.7. The Morgan fingerprint density at radius 3 is 2.45 bits per heavy atom. The molecular formula is C19H20ClN3O3S3. The number of rotatable bonds is 6. The van der Waals surface area contributed by atoms with Gasteiger partial charge in [0.25, 0.3) is 10.0 Å². The van der Waals surface area contributed by atoms with Gasteiger partial charge in [-0.1, -0.05) is 23.7 Å². The largest absolute Gasteiger partial charge is 0.497 e. The van der Waals surface area contributed by atoms with Gasteiger partial charge in [0, 0.05) is 25.4 Å². The molecule has 0 saturated carbocycles. The maximum atomic E-state index is 12.7. The van der Waals surface area contributed by atoms with Gasteiger partial charge in [0.2, 0.25) is 0 Å². The second-order valence-corrected chi connectivity index (χ2v) is 11.8. The first-order valence-corrected chi connectivity index (χ1v) is 12.6. The first-order valence-electron chi connectivity index (χ1n) is 9.16. The van der Waals surface area contributed by atoms with Crippen LogP contribution in [-0.4, -0.2) is 43.1 Å². The molecule has 0 radical (unpaired) electrons. The molecule has 2 aromatic heterocycles. The molecule has 154 valence electrons. The van der Waals surface area contributed by atoms with Crippen LogP contribution in [-0.2, 0) is 16.4 Å². The molecule has 0 bridgehead atoms. The summed E-state index contributed by atoms with van der Waals surface area (Å²) in [5.41, 5.74) is 1.16. The van der Waals surface area contributed by atoms with Crippen LogP contribution in [0.3, 0.4) is 0 Å². The molecule has 10 heteroatoms. The average Bonchev–Trinajstić information content (AvgIpc) is 3.38. The van der Waals surface area contributed by atoms with E-state index >= 15 is 0 Å². The van der Waals surface area contributed by atoms with Gasteiger partial charge in [0.05, 0.1) is 11.4 Å². The molecule has 0 unspecified atom stereocenters. The van der Waals surface area contributed by atoms with Crippen molar-refractivity contribution in [3.63, 3.8) is 0 Å². The van der Waals surface area contributed by atoms with Gasteiger partial charge in [-0.05, 0) is 42.7 Å². The lowest BCUT2D eigenvalue weighted by Gasteiger charge is -2.29. The molecule has 1 fully saturated rings. The summed E-state index contributed by atoms with van der Waals surface area (Å²) in [6.45, 7) is 0.964. The Morgan fingerprint density at radius 1 is 1.10 bits per heavy atom. The fourth-order valence-electron chi connectivity index (χ4n) is 3.33. The van der Waals surface area contributed by atoms with Crippen LogP contribution in [0.2, 0.25) is 4.34 Å². The number of ether oxygens (including phenoxy) is 1. The van der Waals surface area contributed by atoms with Crippen LogP contribution < -0.4 is 4.74 Å². The lowest BCUT2D eigenvalue weighted by Crippen LogP contribution is -2.37. The minimum atomic E-state index is -3.46. The number of hydrogen-bond donors (Lipinski definition) is 0. The number of halogens is 1. The number of piperidine rings is 1. The van der Waals surface area contributed by atoms with Crippen molar-refractivity contribution in [1.29, 1.82) is 0 Å². The second kappa shape index (κ2) is 8.69. The molecule has 6 nitrogen and oxygen atoms in total. The standard InChI is InChI=1S/C19H20ClN3O3S3/c1-26-15-4-2-13(3-5-15)12-17-21-22-19(28-17)14-8-10-23(11-9-14)29(24,25)18-7-6-16(20)27-18/h2-7,14H,8-12H2,1H3. The van der Waals surface area contributed by atoms with Gasteiger partial charge in [-0.3, -0.25) is 0 Å². The fraction of sp³-hybridized carbons (Fsp3) is 0.368. The molecule has 3 aromatic rings. The van der Waals surface area contributed by atoms with E-state index in [-0.39, 0.29) is 5.92 Å². The number of sulfonamides is 1. The van der Waals surface area contributed by atoms with Crippen LogP contribution in [0, 0.1) is 0 Å². The number of hydrogen-bond acceptors (Lipinski definition) is 7. The number of nitrogens with zero attached hydrogens (tertiary/aromatic N) is 3. The molecule has 0 aliphatic carbocycles. The molecule has 4 rings (SSSR count). The van der Waals surface area contributed by atoms with Gasteiger partial charge < -0.3 is 4.74 Å². The van der Waals surface area contributed by atoms with E-state index < -0.39 is 10.0 Å². The first kappa shape index (κ1) is 20.7. The second-order valence-electron chi connectivity index (χ2n) is 6.80. The third-order valence-electron chi connectivity index (χ3n) is 4.94. The predicted molar refractivity (Wildman–Crippen MR) is 116 cm³/mol. The van der Waals surface area contributed by atoms with Crippen molar-refractivity contribution in [2.45, 2.75) is 29.4 Å². The quantitative estimate of drug-likeness (QED) is 0.534. The lowest BCUT2D eigenvalue weighted by molar-refractivity contribution is 0.319. The van der Waals surface area contributed by atoms with Gasteiger partial charge in [0.15, 0.2) is 0 Å². The molecule has 0 atom stereocenters. The minimum Gasteiger partial charge on any atom is -0.497 e. The maximum absolute atomic E-state index is 12.7. The molecule has 0 spiro atoms. The van der Waals surface area contributed by atoms with Crippen LogP contribution in [0.25, 0.3) is 0 Å². The summed E-state index contributed by atoms with van der Waals surface area (Å²) in [6, 6.07) is 11.1. The fourth-order valence-corrected chi connectivity index (χ4v) is 7.48. The molecule has 1 aliphatic heterocycles. The highest BCUT2D eigenvalue weighted by Gasteiger charge is 2.32. The highest BCUT2D eigenvalue weighted by molar-refractivity contribution is 7.91. The highest BCUT2D eigenvalue weighted by atomic mass is 35.5. The zero-order chi connectivity index (χ0) is 20.4. The lowest BCUT2D eigenvalue weighted by atomic mass is 9.99. The molecule has 3 heterocycles. The van der Waals surface area contributed by atoms with Crippen LogP contribution in [0.15, 0.2) is 40.6 Å². The zero-order valence-electron chi connectivity index (χ0n) is 15.7.